The zero-order valence-electron chi connectivity index (χ0n) is 20.8. The third-order valence-electron chi connectivity index (χ3n) is 8.00. The number of benzene rings is 1. The highest BCUT2D eigenvalue weighted by molar-refractivity contribution is 5.90. The molecule has 5 heteroatoms. The van der Waals surface area contributed by atoms with E-state index in [0.29, 0.717) is 11.3 Å². The Hall–Kier alpha value is -2.30. The summed E-state index contributed by atoms with van der Waals surface area (Å²) in [6.07, 6.45) is 16.6. The van der Waals surface area contributed by atoms with E-state index in [0.717, 1.165) is 42.2 Å². The molecule has 0 amide bonds. The minimum absolute atomic E-state index is 0.132. The number of hydrogen-bond acceptors (Lipinski definition) is 4. The Balaban J connectivity index is 1.51. The number of rotatable bonds is 12. The number of carboxylic acids is 1. The standard InChI is InChI=1S/C29H42O5/c1-3-5-6-7-21-8-10-22(11-9-21)23-12-14-24(15-13-23)27-20-25(16-17-26(27)29(31)32)33-18-19-34-28(30)4-2/h4,16-17,20-24H,2-3,5-15,18-19H2,1H3,(H,31,32)/t21-,22-,23?,24?. The van der Waals surface area contributed by atoms with Crippen LogP contribution in [0.25, 0.3) is 0 Å². The van der Waals surface area contributed by atoms with E-state index in [1.165, 1.54) is 64.2 Å². The van der Waals surface area contributed by atoms with E-state index < -0.39 is 11.9 Å². The van der Waals surface area contributed by atoms with Crippen molar-refractivity contribution in [3.8, 4) is 5.75 Å². The van der Waals surface area contributed by atoms with Crippen molar-refractivity contribution in [3.05, 3.63) is 42.0 Å². The monoisotopic (exact) mass is 470 g/mol. The molecule has 0 saturated heterocycles. The first-order valence-electron chi connectivity index (χ1n) is 13.3. The molecule has 5 nitrogen and oxygen atoms in total. The molecule has 188 valence electrons. The minimum atomic E-state index is -0.884. The zero-order valence-corrected chi connectivity index (χ0v) is 20.8. The molecule has 1 aromatic rings. The summed E-state index contributed by atoms with van der Waals surface area (Å²) < 4.78 is 10.7. The highest BCUT2D eigenvalue weighted by atomic mass is 16.6. The first kappa shape index (κ1) is 26.3. The van der Waals surface area contributed by atoms with Crippen LogP contribution in [0.1, 0.15) is 106 Å². The Labute approximate surface area is 204 Å². The molecule has 0 heterocycles. The summed E-state index contributed by atoms with van der Waals surface area (Å²) in [5.74, 6) is 2.11. The maximum absolute atomic E-state index is 11.9. The van der Waals surface area contributed by atoms with Crippen LogP contribution in [-0.2, 0) is 9.53 Å². The van der Waals surface area contributed by atoms with Crippen LogP contribution in [0, 0.1) is 17.8 Å². The maximum Gasteiger partial charge on any atom is 0.335 e. The SMILES string of the molecule is C=CC(=O)OCCOc1ccc(C(=O)O)c(C2CCC([C@H]3CC[C@H](CCCCC)CC3)CC2)c1. The van der Waals surface area contributed by atoms with Gasteiger partial charge in [-0.1, -0.05) is 52.0 Å². The van der Waals surface area contributed by atoms with Gasteiger partial charge in [-0.3, -0.25) is 0 Å². The minimum Gasteiger partial charge on any atom is -0.490 e. The van der Waals surface area contributed by atoms with Gasteiger partial charge in [-0.15, -0.1) is 0 Å². The smallest absolute Gasteiger partial charge is 0.335 e. The van der Waals surface area contributed by atoms with Crippen molar-refractivity contribution in [1.82, 2.24) is 0 Å². The second-order valence-corrected chi connectivity index (χ2v) is 10.2. The lowest BCUT2D eigenvalue weighted by Crippen LogP contribution is -2.26. The second kappa shape index (κ2) is 13.6. The first-order valence-corrected chi connectivity index (χ1v) is 13.3. The fraction of sp³-hybridized carbons (Fsp3) is 0.655. The quantitative estimate of drug-likeness (QED) is 0.199. The van der Waals surface area contributed by atoms with Gasteiger partial charge in [0, 0.05) is 6.08 Å². The predicted molar refractivity (Wildman–Crippen MR) is 134 cm³/mol. The fourth-order valence-electron chi connectivity index (χ4n) is 6.06. The van der Waals surface area contributed by atoms with Gasteiger partial charge in [-0.25, -0.2) is 9.59 Å². The Kier molecular flexibility index (Phi) is 10.5. The molecule has 0 atom stereocenters. The molecule has 0 unspecified atom stereocenters. The van der Waals surface area contributed by atoms with Crippen LogP contribution in [0.5, 0.6) is 5.75 Å². The van der Waals surface area contributed by atoms with Crippen molar-refractivity contribution in [2.75, 3.05) is 13.2 Å². The van der Waals surface area contributed by atoms with Gasteiger partial charge in [-0.05, 0) is 86.0 Å². The molecule has 2 aliphatic rings. The number of carbonyl (C=O) groups excluding carboxylic acids is 1. The van der Waals surface area contributed by atoms with Crippen molar-refractivity contribution in [2.24, 2.45) is 17.8 Å². The average Bonchev–Trinajstić information content (AvgIpc) is 2.87. The predicted octanol–water partition coefficient (Wildman–Crippen LogP) is 7.15. The molecule has 0 bridgehead atoms. The van der Waals surface area contributed by atoms with Gasteiger partial charge >= 0.3 is 11.9 Å². The van der Waals surface area contributed by atoms with Gasteiger partial charge in [0.15, 0.2) is 0 Å². The van der Waals surface area contributed by atoms with Crippen LogP contribution in [-0.4, -0.2) is 30.3 Å². The largest absolute Gasteiger partial charge is 0.490 e. The van der Waals surface area contributed by atoms with E-state index in [1.807, 2.05) is 6.07 Å². The molecule has 0 aliphatic heterocycles. The average molecular weight is 471 g/mol. The highest BCUT2D eigenvalue weighted by Gasteiger charge is 2.32. The number of carbonyl (C=O) groups is 2. The van der Waals surface area contributed by atoms with Gasteiger partial charge in [-0.2, -0.15) is 0 Å². The summed E-state index contributed by atoms with van der Waals surface area (Å²) in [6, 6.07) is 5.22. The van der Waals surface area contributed by atoms with Crippen molar-refractivity contribution in [3.63, 3.8) is 0 Å². The molecule has 0 aromatic heterocycles. The van der Waals surface area contributed by atoms with Gasteiger partial charge in [0.25, 0.3) is 0 Å². The normalized spacial score (nSPS) is 24.9. The topological polar surface area (TPSA) is 72.8 Å². The van der Waals surface area contributed by atoms with E-state index >= 15 is 0 Å². The maximum atomic E-state index is 11.9. The third-order valence-corrected chi connectivity index (χ3v) is 8.00. The van der Waals surface area contributed by atoms with E-state index in [2.05, 4.69) is 13.5 Å². The number of hydrogen-bond donors (Lipinski definition) is 1. The first-order chi connectivity index (χ1) is 16.5. The van der Waals surface area contributed by atoms with Crippen molar-refractivity contribution in [2.45, 2.75) is 89.9 Å². The zero-order chi connectivity index (χ0) is 24.3. The van der Waals surface area contributed by atoms with Crippen LogP contribution in [0.4, 0.5) is 0 Å². The Morgan fingerprint density at radius 1 is 1.00 bits per heavy atom. The van der Waals surface area contributed by atoms with Gasteiger partial charge in [0.1, 0.15) is 19.0 Å². The van der Waals surface area contributed by atoms with Crippen molar-refractivity contribution in [1.29, 1.82) is 0 Å². The number of unbranched alkanes of at least 4 members (excludes halogenated alkanes) is 2. The molecule has 1 aromatic carbocycles. The summed E-state index contributed by atoms with van der Waals surface area (Å²) in [4.78, 5) is 23.0. The summed E-state index contributed by atoms with van der Waals surface area (Å²) in [5, 5.41) is 9.74. The molecular weight excluding hydrogens is 428 g/mol. The number of ether oxygens (including phenoxy) is 2. The molecule has 2 fully saturated rings. The Bertz CT molecular complexity index is 801. The Morgan fingerprint density at radius 3 is 2.29 bits per heavy atom. The van der Waals surface area contributed by atoms with Gasteiger partial charge in [0.2, 0.25) is 0 Å². The molecule has 34 heavy (non-hydrogen) atoms. The van der Waals surface area contributed by atoms with Crippen molar-refractivity contribution < 1.29 is 24.2 Å². The number of aromatic carboxylic acids is 1. The van der Waals surface area contributed by atoms with Crippen LogP contribution in [0.2, 0.25) is 0 Å². The third kappa shape index (κ3) is 7.61. The van der Waals surface area contributed by atoms with Gasteiger partial charge < -0.3 is 14.6 Å². The summed E-state index contributed by atoms with van der Waals surface area (Å²) in [7, 11) is 0. The molecule has 0 spiro atoms. The fourth-order valence-corrected chi connectivity index (χ4v) is 6.06. The Morgan fingerprint density at radius 2 is 1.68 bits per heavy atom. The molecule has 3 rings (SSSR count). The number of esters is 1. The van der Waals surface area contributed by atoms with Crippen LogP contribution < -0.4 is 4.74 Å². The summed E-state index contributed by atoms with van der Waals surface area (Å²) in [5.41, 5.74) is 1.26. The van der Waals surface area contributed by atoms with E-state index in [-0.39, 0.29) is 19.1 Å². The van der Waals surface area contributed by atoms with Crippen LogP contribution >= 0.6 is 0 Å². The molecule has 2 aliphatic carbocycles. The lowest BCUT2D eigenvalue weighted by molar-refractivity contribution is -0.138. The lowest BCUT2D eigenvalue weighted by Gasteiger charge is -2.38. The van der Waals surface area contributed by atoms with E-state index in [9.17, 15) is 14.7 Å². The molecule has 0 radical (unpaired) electrons. The van der Waals surface area contributed by atoms with Crippen molar-refractivity contribution >= 4 is 11.9 Å². The van der Waals surface area contributed by atoms with Crippen LogP contribution in [0.15, 0.2) is 30.9 Å². The molecular formula is C29H42O5. The lowest BCUT2D eigenvalue weighted by atomic mass is 9.67. The van der Waals surface area contributed by atoms with Gasteiger partial charge in [0.05, 0.1) is 5.56 Å². The summed E-state index contributed by atoms with van der Waals surface area (Å²) in [6.45, 7) is 6.00. The second-order valence-electron chi connectivity index (χ2n) is 10.2. The molecule has 1 N–H and O–H groups in total. The number of carboxylic acid groups (broad SMARTS) is 1. The highest BCUT2D eigenvalue weighted by Crippen LogP contribution is 2.45. The summed E-state index contributed by atoms with van der Waals surface area (Å²) >= 11 is 0. The van der Waals surface area contributed by atoms with E-state index in [4.69, 9.17) is 9.47 Å². The van der Waals surface area contributed by atoms with Crippen LogP contribution in [0.3, 0.4) is 0 Å². The molecule has 2 saturated carbocycles. The van der Waals surface area contributed by atoms with E-state index in [1.54, 1.807) is 12.1 Å².